The molecule has 0 amide bonds. The molecule has 0 heterocycles. The first-order chi connectivity index (χ1) is 6.13. The van der Waals surface area contributed by atoms with E-state index in [2.05, 4.69) is 18.7 Å². The van der Waals surface area contributed by atoms with E-state index in [0.717, 1.165) is 12.5 Å². The van der Waals surface area contributed by atoms with E-state index in [-0.39, 0.29) is 0 Å². The van der Waals surface area contributed by atoms with Crippen LogP contribution in [0.1, 0.15) is 33.1 Å². The van der Waals surface area contributed by atoms with Crippen molar-refractivity contribution >= 4 is 5.84 Å². The van der Waals surface area contributed by atoms with Gasteiger partial charge in [-0.25, -0.2) is 0 Å². The third-order valence-electron chi connectivity index (χ3n) is 2.73. The molecule has 3 nitrogen and oxygen atoms in total. The van der Waals surface area contributed by atoms with Gasteiger partial charge in [-0.15, -0.1) is 0 Å². The summed E-state index contributed by atoms with van der Waals surface area (Å²) >= 11 is 0. The van der Waals surface area contributed by atoms with Gasteiger partial charge < -0.3 is 10.6 Å². The van der Waals surface area contributed by atoms with E-state index in [1.54, 1.807) is 0 Å². The average Bonchev–Trinajstić information content (AvgIpc) is 2.81. The second-order valence-corrected chi connectivity index (χ2v) is 4.11. The summed E-state index contributed by atoms with van der Waals surface area (Å²) in [4.78, 5) is 2.43. The topological polar surface area (TPSA) is 53.1 Å². The molecule has 1 fully saturated rings. The number of nitrogens with zero attached hydrogens (tertiary/aromatic N) is 1. The van der Waals surface area contributed by atoms with Gasteiger partial charge in [-0.2, -0.15) is 0 Å². The molecule has 3 N–H and O–H groups in total. The van der Waals surface area contributed by atoms with Crippen LogP contribution >= 0.6 is 0 Å². The van der Waals surface area contributed by atoms with Crippen LogP contribution in [0.3, 0.4) is 0 Å². The summed E-state index contributed by atoms with van der Waals surface area (Å²) in [5.74, 6) is 1.23. The maximum Gasteiger partial charge on any atom is 0.0920 e. The van der Waals surface area contributed by atoms with Crippen LogP contribution in [0.2, 0.25) is 0 Å². The summed E-state index contributed by atoms with van der Waals surface area (Å²) in [7, 11) is 0. The number of amidine groups is 1. The fourth-order valence-corrected chi connectivity index (χ4v) is 1.70. The van der Waals surface area contributed by atoms with Gasteiger partial charge in [-0.05, 0) is 32.2 Å². The Labute approximate surface area is 80.8 Å². The Hall–Kier alpha value is -0.570. The maximum absolute atomic E-state index is 7.24. The van der Waals surface area contributed by atoms with Crippen LogP contribution in [0.25, 0.3) is 0 Å². The molecule has 1 aliphatic rings. The van der Waals surface area contributed by atoms with Crippen LogP contribution < -0.4 is 5.73 Å². The maximum atomic E-state index is 7.24. The predicted octanol–water partition coefficient (Wildman–Crippen LogP) is 1.43. The zero-order valence-electron chi connectivity index (χ0n) is 8.71. The van der Waals surface area contributed by atoms with Crippen molar-refractivity contribution in [2.24, 2.45) is 11.7 Å². The normalized spacial score (nSPS) is 19.0. The highest BCUT2D eigenvalue weighted by Crippen LogP contribution is 2.30. The van der Waals surface area contributed by atoms with Gasteiger partial charge >= 0.3 is 0 Å². The van der Waals surface area contributed by atoms with Crippen molar-refractivity contribution in [3.8, 4) is 0 Å². The molecule has 1 saturated carbocycles. The van der Waals surface area contributed by atoms with Crippen molar-refractivity contribution in [3.05, 3.63) is 0 Å². The van der Waals surface area contributed by atoms with Crippen LogP contribution in [-0.4, -0.2) is 29.9 Å². The summed E-state index contributed by atoms with van der Waals surface area (Å²) in [6, 6.07) is 0.433. The van der Waals surface area contributed by atoms with Gasteiger partial charge in [0.05, 0.1) is 5.84 Å². The van der Waals surface area contributed by atoms with Gasteiger partial charge in [0.15, 0.2) is 0 Å². The Morgan fingerprint density at radius 2 is 2.23 bits per heavy atom. The minimum atomic E-state index is 0.307. The molecule has 1 rings (SSSR count). The second kappa shape index (κ2) is 4.61. The quantitative estimate of drug-likeness (QED) is 0.483. The van der Waals surface area contributed by atoms with Crippen molar-refractivity contribution in [1.82, 2.24) is 4.90 Å². The predicted molar refractivity (Wildman–Crippen MR) is 56.0 cm³/mol. The van der Waals surface area contributed by atoms with E-state index in [1.807, 2.05) is 0 Å². The molecule has 0 saturated heterocycles. The van der Waals surface area contributed by atoms with Gasteiger partial charge in [0, 0.05) is 19.0 Å². The fourth-order valence-electron chi connectivity index (χ4n) is 1.70. The summed E-state index contributed by atoms with van der Waals surface area (Å²) in [5.41, 5.74) is 5.39. The fraction of sp³-hybridized carbons (Fsp3) is 0.900. The number of nitrogens with two attached hydrogens (primary N) is 1. The SMILES string of the molecule is CCN(CC1CC1)C(C)CC(=N)N. The zero-order chi connectivity index (χ0) is 9.84. The Balaban J connectivity index is 2.29. The molecule has 0 aromatic heterocycles. The lowest BCUT2D eigenvalue weighted by molar-refractivity contribution is 0.215. The van der Waals surface area contributed by atoms with Gasteiger partial charge in [-0.1, -0.05) is 6.92 Å². The van der Waals surface area contributed by atoms with Crippen molar-refractivity contribution < 1.29 is 0 Å². The van der Waals surface area contributed by atoms with E-state index in [0.29, 0.717) is 18.3 Å². The first-order valence-corrected chi connectivity index (χ1v) is 5.20. The number of nitrogens with one attached hydrogen (secondary N) is 1. The smallest absolute Gasteiger partial charge is 0.0920 e. The van der Waals surface area contributed by atoms with Crippen LogP contribution in [-0.2, 0) is 0 Å². The number of rotatable bonds is 6. The monoisotopic (exact) mass is 183 g/mol. The zero-order valence-corrected chi connectivity index (χ0v) is 8.71. The van der Waals surface area contributed by atoms with Crippen LogP contribution in [0.5, 0.6) is 0 Å². The Kier molecular flexibility index (Phi) is 3.72. The van der Waals surface area contributed by atoms with Crippen molar-refractivity contribution in [1.29, 1.82) is 5.41 Å². The van der Waals surface area contributed by atoms with Crippen molar-refractivity contribution in [2.75, 3.05) is 13.1 Å². The van der Waals surface area contributed by atoms with Gasteiger partial charge in [0.2, 0.25) is 0 Å². The Bertz CT molecular complexity index is 175. The molecular formula is C10H21N3. The lowest BCUT2D eigenvalue weighted by Gasteiger charge is -2.27. The molecule has 3 heteroatoms. The molecule has 13 heavy (non-hydrogen) atoms. The third-order valence-corrected chi connectivity index (χ3v) is 2.73. The van der Waals surface area contributed by atoms with Gasteiger partial charge in [0.25, 0.3) is 0 Å². The standard InChI is InChI=1S/C10H21N3/c1-3-13(7-9-4-5-9)8(2)6-10(11)12/h8-9H,3-7H2,1-2H3,(H3,11,12). The van der Waals surface area contributed by atoms with Crippen molar-refractivity contribution in [3.63, 3.8) is 0 Å². The molecule has 76 valence electrons. The minimum absolute atomic E-state index is 0.307. The molecule has 1 aliphatic carbocycles. The summed E-state index contributed by atoms with van der Waals surface area (Å²) < 4.78 is 0. The average molecular weight is 183 g/mol. The van der Waals surface area contributed by atoms with Gasteiger partial charge in [0.1, 0.15) is 0 Å². The van der Waals surface area contributed by atoms with Crippen molar-refractivity contribution in [2.45, 2.75) is 39.2 Å². The van der Waals surface area contributed by atoms with E-state index >= 15 is 0 Å². The molecule has 0 bridgehead atoms. The second-order valence-electron chi connectivity index (χ2n) is 4.11. The van der Waals surface area contributed by atoms with Crippen LogP contribution in [0, 0.1) is 11.3 Å². The molecule has 0 radical (unpaired) electrons. The van der Waals surface area contributed by atoms with E-state index < -0.39 is 0 Å². The molecule has 0 aromatic rings. The first kappa shape index (κ1) is 10.5. The molecule has 0 spiro atoms. The van der Waals surface area contributed by atoms with Crippen LogP contribution in [0.4, 0.5) is 0 Å². The van der Waals surface area contributed by atoms with E-state index in [4.69, 9.17) is 11.1 Å². The third kappa shape index (κ3) is 3.77. The van der Waals surface area contributed by atoms with Gasteiger partial charge in [-0.3, -0.25) is 5.41 Å². The largest absolute Gasteiger partial charge is 0.388 e. The first-order valence-electron chi connectivity index (χ1n) is 5.20. The highest BCUT2D eigenvalue weighted by molar-refractivity contribution is 5.77. The lowest BCUT2D eigenvalue weighted by atomic mass is 10.2. The number of hydrogen-bond acceptors (Lipinski definition) is 2. The molecule has 1 unspecified atom stereocenters. The highest BCUT2D eigenvalue weighted by Gasteiger charge is 2.25. The summed E-state index contributed by atoms with van der Waals surface area (Å²) in [5, 5.41) is 7.24. The summed E-state index contributed by atoms with van der Waals surface area (Å²) in [6.45, 7) is 6.61. The van der Waals surface area contributed by atoms with Crippen LogP contribution in [0.15, 0.2) is 0 Å². The number of hydrogen-bond donors (Lipinski definition) is 2. The lowest BCUT2D eigenvalue weighted by Crippen LogP contribution is -2.37. The molecule has 0 aromatic carbocycles. The molecule has 1 atom stereocenters. The van der Waals surface area contributed by atoms with E-state index in [9.17, 15) is 0 Å². The van der Waals surface area contributed by atoms with E-state index in [1.165, 1.54) is 19.4 Å². The highest BCUT2D eigenvalue weighted by atomic mass is 15.1. The Morgan fingerprint density at radius 1 is 1.62 bits per heavy atom. The Morgan fingerprint density at radius 3 is 2.62 bits per heavy atom. The summed E-state index contributed by atoms with van der Waals surface area (Å²) in [6.07, 6.45) is 3.49. The molecule has 0 aliphatic heterocycles. The molecular weight excluding hydrogens is 162 g/mol. The minimum Gasteiger partial charge on any atom is -0.388 e.